The van der Waals surface area contributed by atoms with Crippen LogP contribution in [0.1, 0.15) is 40.7 Å². The first-order valence-corrected chi connectivity index (χ1v) is 9.19. The van der Waals surface area contributed by atoms with Crippen molar-refractivity contribution in [1.82, 2.24) is 0 Å². The van der Waals surface area contributed by atoms with Crippen LogP contribution >= 0.6 is 0 Å². The summed E-state index contributed by atoms with van der Waals surface area (Å²) in [5.41, 5.74) is -0.159. The van der Waals surface area contributed by atoms with Crippen molar-refractivity contribution < 1.29 is 22.9 Å². The second-order valence-corrected chi connectivity index (χ2v) is 6.99. The number of alkyl halides is 3. The molecule has 1 heterocycles. The van der Waals surface area contributed by atoms with Crippen molar-refractivity contribution in [3.8, 4) is 0 Å². The molecule has 1 amide bonds. The van der Waals surface area contributed by atoms with Crippen molar-refractivity contribution in [2.24, 2.45) is 0 Å². The number of piperidine rings is 1. The molecule has 1 fully saturated rings. The average molecular weight is 407 g/mol. The largest absolute Gasteiger partial charge is 0.416 e. The minimum atomic E-state index is -4.55. The van der Waals surface area contributed by atoms with Crippen LogP contribution in [0.25, 0.3) is 0 Å². The van der Waals surface area contributed by atoms with Crippen molar-refractivity contribution >= 4 is 23.0 Å². The Morgan fingerprint density at radius 3 is 2.41 bits per heavy atom. The maximum Gasteiger partial charge on any atom is 0.416 e. The molecule has 154 valence electrons. The van der Waals surface area contributed by atoms with E-state index >= 15 is 0 Å². The van der Waals surface area contributed by atoms with E-state index in [2.05, 4.69) is 5.32 Å². The number of carbonyl (C=O) groups is 1. The lowest BCUT2D eigenvalue weighted by Crippen LogP contribution is -2.30. The standard InChI is InChI=1S/C20H20F3N3O3/c1-13-5-6-14(11-18(13)26(28)29)19(27)24-16-12-15(20(21,22)23)7-8-17(16)25-9-3-2-4-10-25/h5-8,11-12H,2-4,9-10H2,1H3,(H,24,27). The fourth-order valence-electron chi connectivity index (χ4n) is 3.36. The number of aryl methyl sites for hydroxylation is 1. The number of halogens is 3. The number of benzene rings is 2. The average Bonchev–Trinajstić information content (AvgIpc) is 2.68. The zero-order valence-electron chi connectivity index (χ0n) is 15.8. The van der Waals surface area contributed by atoms with E-state index < -0.39 is 22.6 Å². The molecule has 2 aromatic rings. The first-order valence-electron chi connectivity index (χ1n) is 9.19. The van der Waals surface area contributed by atoms with Gasteiger partial charge in [0.2, 0.25) is 0 Å². The van der Waals surface area contributed by atoms with E-state index in [9.17, 15) is 28.1 Å². The van der Waals surface area contributed by atoms with Crippen LogP contribution in [-0.2, 0) is 6.18 Å². The molecule has 2 aromatic carbocycles. The maximum absolute atomic E-state index is 13.2. The fraction of sp³-hybridized carbons (Fsp3) is 0.350. The van der Waals surface area contributed by atoms with Crippen LogP contribution in [0.5, 0.6) is 0 Å². The number of nitro groups is 1. The zero-order chi connectivity index (χ0) is 21.2. The number of nitrogens with zero attached hydrogens (tertiary/aromatic N) is 2. The van der Waals surface area contributed by atoms with E-state index in [1.807, 2.05) is 4.90 Å². The number of hydrogen-bond donors (Lipinski definition) is 1. The van der Waals surface area contributed by atoms with Gasteiger partial charge in [-0.2, -0.15) is 13.2 Å². The van der Waals surface area contributed by atoms with Gasteiger partial charge in [-0.15, -0.1) is 0 Å². The summed E-state index contributed by atoms with van der Waals surface area (Å²) in [6.07, 6.45) is -1.68. The summed E-state index contributed by atoms with van der Waals surface area (Å²) in [5, 5.41) is 13.6. The number of anilines is 2. The summed E-state index contributed by atoms with van der Waals surface area (Å²) in [5.74, 6) is -0.703. The first kappa shape index (κ1) is 20.6. The molecule has 0 saturated carbocycles. The zero-order valence-corrected chi connectivity index (χ0v) is 15.8. The molecule has 0 radical (unpaired) electrons. The van der Waals surface area contributed by atoms with E-state index in [0.717, 1.165) is 37.5 Å². The van der Waals surface area contributed by atoms with Gasteiger partial charge in [-0.3, -0.25) is 14.9 Å². The van der Waals surface area contributed by atoms with E-state index in [1.54, 1.807) is 6.92 Å². The summed E-state index contributed by atoms with van der Waals surface area (Å²) in [6.45, 7) is 2.91. The van der Waals surface area contributed by atoms with Gasteiger partial charge in [0.1, 0.15) is 0 Å². The van der Waals surface area contributed by atoms with Crippen molar-refractivity contribution in [2.75, 3.05) is 23.3 Å². The summed E-state index contributed by atoms with van der Waals surface area (Å²) in [4.78, 5) is 25.1. The molecule has 1 aliphatic rings. The highest BCUT2D eigenvalue weighted by atomic mass is 19.4. The Morgan fingerprint density at radius 2 is 1.79 bits per heavy atom. The van der Waals surface area contributed by atoms with Gasteiger partial charge in [0, 0.05) is 30.3 Å². The van der Waals surface area contributed by atoms with Gasteiger partial charge in [0.25, 0.3) is 11.6 Å². The third kappa shape index (κ3) is 4.67. The number of hydrogen-bond acceptors (Lipinski definition) is 4. The van der Waals surface area contributed by atoms with Crippen LogP contribution in [0, 0.1) is 17.0 Å². The molecule has 0 spiro atoms. The maximum atomic E-state index is 13.2. The fourth-order valence-corrected chi connectivity index (χ4v) is 3.36. The summed E-state index contributed by atoms with van der Waals surface area (Å²) < 4.78 is 39.6. The molecule has 1 N–H and O–H groups in total. The van der Waals surface area contributed by atoms with Crippen LogP contribution < -0.4 is 10.2 Å². The lowest BCUT2D eigenvalue weighted by Gasteiger charge is -2.31. The smallest absolute Gasteiger partial charge is 0.370 e. The van der Waals surface area contributed by atoms with Crippen LogP contribution in [-0.4, -0.2) is 23.9 Å². The molecule has 6 nitrogen and oxygen atoms in total. The van der Waals surface area contributed by atoms with Crippen molar-refractivity contribution in [3.05, 3.63) is 63.2 Å². The minimum absolute atomic E-state index is 0.00399. The van der Waals surface area contributed by atoms with Gasteiger partial charge < -0.3 is 10.2 Å². The monoisotopic (exact) mass is 407 g/mol. The first-order chi connectivity index (χ1) is 13.7. The normalized spacial score (nSPS) is 14.6. The lowest BCUT2D eigenvalue weighted by molar-refractivity contribution is -0.385. The second-order valence-electron chi connectivity index (χ2n) is 6.99. The Balaban J connectivity index is 1.96. The van der Waals surface area contributed by atoms with Gasteiger partial charge in [0.05, 0.1) is 21.9 Å². The molecule has 0 aromatic heterocycles. The highest BCUT2D eigenvalue weighted by Crippen LogP contribution is 2.36. The van der Waals surface area contributed by atoms with E-state index in [-0.39, 0.29) is 16.9 Å². The Kier molecular flexibility index (Phi) is 5.76. The van der Waals surface area contributed by atoms with Crippen LogP contribution in [0.3, 0.4) is 0 Å². The number of nitrogens with one attached hydrogen (secondary N) is 1. The molecule has 0 unspecified atom stereocenters. The van der Waals surface area contributed by atoms with E-state index in [1.165, 1.54) is 18.2 Å². The number of rotatable bonds is 4. The Bertz CT molecular complexity index is 938. The van der Waals surface area contributed by atoms with Gasteiger partial charge in [-0.05, 0) is 50.5 Å². The quantitative estimate of drug-likeness (QED) is 0.561. The van der Waals surface area contributed by atoms with E-state index in [0.29, 0.717) is 24.3 Å². The molecule has 0 atom stereocenters. The summed E-state index contributed by atoms with van der Waals surface area (Å²) in [7, 11) is 0. The topological polar surface area (TPSA) is 75.5 Å². The predicted octanol–water partition coefficient (Wildman–Crippen LogP) is 5.16. The molecule has 29 heavy (non-hydrogen) atoms. The molecular formula is C20H20F3N3O3. The number of amides is 1. The number of carbonyl (C=O) groups excluding carboxylic acids is 1. The van der Waals surface area contributed by atoms with Crippen molar-refractivity contribution in [1.29, 1.82) is 0 Å². The second kappa shape index (κ2) is 8.10. The Labute approximate surface area is 165 Å². The molecule has 9 heteroatoms. The van der Waals surface area contributed by atoms with Crippen LogP contribution in [0.4, 0.5) is 30.2 Å². The highest BCUT2D eigenvalue weighted by Gasteiger charge is 2.32. The number of nitro benzene ring substituents is 1. The highest BCUT2D eigenvalue weighted by molar-refractivity contribution is 6.06. The molecule has 3 rings (SSSR count). The summed E-state index contributed by atoms with van der Waals surface area (Å²) >= 11 is 0. The van der Waals surface area contributed by atoms with Crippen molar-refractivity contribution in [3.63, 3.8) is 0 Å². The summed E-state index contributed by atoms with van der Waals surface area (Å²) in [6, 6.07) is 7.23. The van der Waals surface area contributed by atoms with Gasteiger partial charge >= 0.3 is 6.18 Å². The van der Waals surface area contributed by atoms with Crippen LogP contribution in [0.2, 0.25) is 0 Å². The molecular weight excluding hydrogens is 387 g/mol. The molecule has 1 aliphatic heterocycles. The third-order valence-electron chi connectivity index (χ3n) is 4.94. The molecule has 0 bridgehead atoms. The van der Waals surface area contributed by atoms with Gasteiger partial charge in [-0.1, -0.05) is 6.07 Å². The van der Waals surface area contributed by atoms with Crippen molar-refractivity contribution in [2.45, 2.75) is 32.4 Å². The molecule has 1 saturated heterocycles. The van der Waals surface area contributed by atoms with E-state index in [4.69, 9.17) is 0 Å². The Hall–Kier alpha value is -3.10. The molecule has 0 aliphatic carbocycles. The van der Waals surface area contributed by atoms with Crippen LogP contribution in [0.15, 0.2) is 36.4 Å². The van der Waals surface area contributed by atoms with Gasteiger partial charge in [0.15, 0.2) is 0 Å². The van der Waals surface area contributed by atoms with Gasteiger partial charge in [-0.25, -0.2) is 0 Å². The third-order valence-corrected chi connectivity index (χ3v) is 4.94. The Morgan fingerprint density at radius 1 is 1.10 bits per heavy atom. The minimum Gasteiger partial charge on any atom is -0.370 e. The predicted molar refractivity (Wildman–Crippen MR) is 103 cm³/mol. The lowest BCUT2D eigenvalue weighted by atomic mass is 10.1. The SMILES string of the molecule is Cc1ccc(C(=O)Nc2cc(C(F)(F)F)ccc2N2CCCCC2)cc1[N+](=O)[O-].